The van der Waals surface area contributed by atoms with E-state index in [1.807, 2.05) is 20.8 Å². The molecule has 4 fully saturated rings. The zero-order chi connectivity index (χ0) is 43.6. The zero-order valence-corrected chi connectivity index (χ0v) is 36.1. The second kappa shape index (κ2) is 13.0. The van der Waals surface area contributed by atoms with Crippen LogP contribution in [0.25, 0.3) is 0 Å². The van der Waals surface area contributed by atoms with Crippen LogP contribution in [0.3, 0.4) is 0 Å². The van der Waals surface area contributed by atoms with Gasteiger partial charge in [-0.2, -0.15) is 0 Å². The average molecular weight is 846 g/mol. The van der Waals surface area contributed by atoms with E-state index in [0.717, 1.165) is 0 Å². The highest BCUT2D eigenvalue weighted by Crippen LogP contribution is 2.72. The molecule has 13 heteroatoms. The number of allylic oxidation sites excluding steroid dienone is 2. The first-order valence-corrected chi connectivity index (χ1v) is 21.6. The molecule has 8 aliphatic rings. The molecule has 9 rings (SSSR count). The molecule has 1 aromatic rings. The van der Waals surface area contributed by atoms with Gasteiger partial charge < -0.3 is 35.0 Å². The maximum Gasteiger partial charge on any atom is 0.414 e. The van der Waals surface area contributed by atoms with Gasteiger partial charge in [0.2, 0.25) is 0 Å². The fourth-order valence-corrected chi connectivity index (χ4v) is 13.9. The van der Waals surface area contributed by atoms with Crippen LogP contribution in [0.1, 0.15) is 61.3 Å². The molecule has 4 saturated carbocycles. The van der Waals surface area contributed by atoms with Crippen molar-refractivity contribution in [3.8, 4) is 0 Å². The maximum absolute atomic E-state index is 15.2. The molecule has 60 heavy (non-hydrogen) atoms. The smallest absolute Gasteiger partial charge is 0.414 e. The molecule has 8 aliphatic carbocycles. The molecule has 322 valence electrons. The number of hydrogen-bond donors (Lipinski definition) is 5. The Morgan fingerprint density at radius 2 is 1.37 bits per heavy atom. The standard InChI is InChI=1S/C47H56ClNO11/c1-21-17-44-23(3)13-31-33(42(31,5)6)29(39(44)54)16-26(38(53)47(44,58)36(21)51)20-60-43(7)32-14-24(4)45-18-22(2)35(50)46(45,57)37(52)25(15-30(34(32)43)40(45)55)19-59-41(56)49(8)28-11-9-27(48)10-12-28/h9-12,15-18,23-24,29-35,37-38,50,52-53,57-58H,13-14,19-20H2,1-8H3/t23-,24-,29+,30+,31-,32-,33+,34+,35+,37-,38-,43?,44+,45+,46-,47-/m1/s1. The largest absolute Gasteiger partial charge is 0.445 e. The Morgan fingerprint density at radius 1 is 0.800 bits per heavy atom. The van der Waals surface area contributed by atoms with Crippen molar-refractivity contribution in [3.63, 3.8) is 0 Å². The van der Waals surface area contributed by atoms with E-state index < -0.39 is 99.8 Å². The van der Waals surface area contributed by atoms with Gasteiger partial charge in [-0.15, -0.1) is 0 Å². The summed E-state index contributed by atoms with van der Waals surface area (Å²) in [6.07, 6.45) is 1.59. The van der Waals surface area contributed by atoms with Crippen LogP contribution in [-0.4, -0.2) is 104 Å². The average Bonchev–Trinajstić information content (AvgIpc) is 3.95. The molecular weight excluding hydrogens is 790 g/mol. The second-order valence-corrected chi connectivity index (χ2v) is 20.7. The van der Waals surface area contributed by atoms with Gasteiger partial charge in [-0.1, -0.05) is 63.6 Å². The van der Waals surface area contributed by atoms with Gasteiger partial charge in [-0.25, -0.2) is 4.79 Å². The Hall–Kier alpha value is -3.49. The van der Waals surface area contributed by atoms with Crippen LogP contribution in [0.15, 0.2) is 70.9 Å². The van der Waals surface area contributed by atoms with Crippen LogP contribution in [0.5, 0.6) is 0 Å². The summed E-state index contributed by atoms with van der Waals surface area (Å²) in [6, 6.07) is 6.53. The number of amides is 1. The summed E-state index contributed by atoms with van der Waals surface area (Å²) in [6.45, 7) is 12.3. The number of nitrogens with zero attached hydrogens (tertiary/aromatic N) is 1. The van der Waals surface area contributed by atoms with Crippen LogP contribution in [0, 0.1) is 63.6 Å². The zero-order valence-electron chi connectivity index (χ0n) is 35.3. The summed E-state index contributed by atoms with van der Waals surface area (Å²) in [5.41, 5.74) is -7.90. The number of Topliss-reactive ketones (excluding diaryl/α,β-unsaturated/α-hetero) is 3. The SMILES string of the molecule is CC1=C[C@]23C(=O)[C@@H](C=C(COC4(C)[C@H]5[C@@H]6C=C(COC(=O)N(C)c7ccc(Cl)cc7)[C@@H](O)[C@]7(O)[C@@H](O)C(C)=C[C@@]7(C6=O)[C@H](C)C[C@H]54)[C@@H](O)[C@]2(O)C1=O)[C@H]1[C@@H](C[C@H]3C)C1(C)C. The van der Waals surface area contributed by atoms with Crippen LogP contribution in [0.4, 0.5) is 10.5 Å². The predicted molar refractivity (Wildman–Crippen MR) is 219 cm³/mol. The molecule has 4 bridgehead atoms. The van der Waals surface area contributed by atoms with Gasteiger partial charge in [0.25, 0.3) is 0 Å². The molecule has 0 saturated heterocycles. The number of rotatable bonds is 6. The number of carbonyl (C=O) groups excluding carboxylic acids is 4. The molecule has 5 N–H and O–H groups in total. The number of hydrogen-bond acceptors (Lipinski definition) is 11. The Labute approximate surface area is 354 Å². The first-order chi connectivity index (χ1) is 28.0. The van der Waals surface area contributed by atoms with Crippen molar-refractivity contribution in [1.29, 1.82) is 0 Å². The van der Waals surface area contributed by atoms with E-state index in [9.17, 15) is 39.9 Å². The molecular formula is C47H56ClNO11. The summed E-state index contributed by atoms with van der Waals surface area (Å²) in [7, 11) is 1.51. The minimum absolute atomic E-state index is 0.0453. The summed E-state index contributed by atoms with van der Waals surface area (Å²) in [4.78, 5) is 58.5. The van der Waals surface area contributed by atoms with Gasteiger partial charge in [-0.3, -0.25) is 19.3 Å². The molecule has 0 aliphatic heterocycles. The van der Waals surface area contributed by atoms with Crippen molar-refractivity contribution < 1.29 is 54.2 Å². The Bertz CT molecular complexity index is 2250. The van der Waals surface area contributed by atoms with Gasteiger partial charge in [0.1, 0.15) is 30.5 Å². The first-order valence-electron chi connectivity index (χ1n) is 21.2. The molecule has 0 heterocycles. The molecule has 0 radical (unpaired) electrons. The third-order valence-electron chi connectivity index (χ3n) is 17.3. The molecule has 16 atom stereocenters. The first kappa shape index (κ1) is 41.8. The van der Waals surface area contributed by atoms with E-state index in [-0.39, 0.29) is 52.3 Å². The van der Waals surface area contributed by atoms with Crippen molar-refractivity contribution in [1.82, 2.24) is 0 Å². The fourth-order valence-electron chi connectivity index (χ4n) is 13.7. The van der Waals surface area contributed by atoms with Gasteiger partial charge in [0, 0.05) is 35.5 Å². The van der Waals surface area contributed by atoms with Gasteiger partial charge in [0.05, 0.1) is 23.0 Å². The van der Waals surface area contributed by atoms with E-state index in [2.05, 4.69) is 13.8 Å². The Balaban J connectivity index is 1.06. The molecule has 1 amide bonds. The topological polar surface area (TPSA) is 191 Å². The maximum atomic E-state index is 15.2. The lowest BCUT2D eigenvalue weighted by molar-refractivity contribution is -0.190. The predicted octanol–water partition coefficient (Wildman–Crippen LogP) is 4.54. The molecule has 2 spiro atoms. The van der Waals surface area contributed by atoms with Crippen molar-refractivity contribution in [2.24, 2.45) is 63.6 Å². The van der Waals surface area contributed by atoms with Crippen molar-refractivity contribution in [2.45, 2.75) is 96.4 Å². The lowest BCUT2D eigenvalue weighted by Gasteiger charge is -2.48. The van der Waals surface area contributed by atoms with Crippen LogP contribution < -0.4 is 4.90 Å². The number of anilines is 1. The molecule has 1 unspecified atom stereocenters. The summed E-state index contributed by atoms with van der Waals surface area (Å²) in [5, 5.41) is 61.5. The number of ketones is 3. The number of aliphatic hydroxyl groups excluding tert-OH is 3. The summed E-state index contributed by atoms with van der Waals surface area (Å²) >= 11 is 6.03. The molecule has 0 aromatic heterocycles. The lowest BCUT2D eigenvalue weighted by Crippen LogP contribution is -2.65. The van der Waals surface area contributed by atoms with E-state index >= 15 is 4.79 Å². The fraction of sp³-hybridized carbons (Fsp3) is 0.617. The second-order valence-electron chi connectivity index (χ2n) is 20.3. The number of aliphatic hydroxyl groups is 5. The number of fused-ring (bicyclic) bond motifs is 6. The highest BCUT2D eigenvalue weighted by atomic mass is 35.5. The van der Waals surface area contributed by atoms with E-state index in [0.29, 0.717) is 29.1 Å². The third-order valence-corrected chi connectivity index (χ3v) is 17.5. The van der Waals surface area contributed by atoms with Crippen LogP contribution >= 0.6 is 11.6 Å². The van der Waals surface area contributed by atoms with E-state index in [1.165, 1.54) is 11.9 Å². The molecule has 1 aromatic carbocycles. The monoisotopic (exact) mass is 845 g/mol. The highest BCUT2D eigenvalue weighted by molar-refractivity contribution is 6.30. The Kier molecular flexibility index (Phi) is 9.09. The van der Waals surface area contributed by atoms with Gasteiger partial charge in [-0.05, 0) is 115 Å². The van der Waals surface area contributed by atoms with Crippen molar-refractivity contribution in [2.75, 3.05) is 25.2 Å². The van der Waals surface area contributed by atoms with Gasteiger partial charge in [0.15, 0.2) is 23.0 Å². The number of carbonyl (C=O) groups is 4. The molecule has 12 nitrogen and oxygen atoms in total. The van der Waals surface area contributed by atoms with Crippen LogP contribution in [-0.2, 0) is 23.9 Å². The summed E-state index contributed by atoms with van der Waals surface area (Å²) in [5.74, 6) is -4.64. The quantitative estimate of drug-likeness (QED) is 0.253. The normalized spacial score (nSPS) is 46.8. The van der Waals surface area contributed by atoms with E-state index in [4.69, 9.17) is 21.1 Å². The van der Waals surface area contributed by atoms with Crippen molar-refractivity contribution >= 4 is 40.7 Å². The minimum Gasteiger partial charge on any atom is -0.445 e. The number of ether oxygens (including phenoxy) is 2. The highest BCUT2D eigenvalue weighted by Gasteiger charge is 2.79. The summed E-state index contributed by atoms with van der Waals surface area (Å²) < 4.78 is 12.5. The minimum atomic E-state index is -2.42. The van der Waals surface area contributed by atoms with Gasteiger partial charge >= 0.3 is 6.09 Å². The van der Waals surface area contributed by atoms with Crippen molar-refractivity contribution in [3.05, 3.63) is 75.9 Å². The van der Waals surface area contributed by atoms with Crippen LogP contribution in [0.2, 0.25) is 5.02 Å². The Morgan fingerprint density at radius 3 is 2.02 bits per heavy atom. The number of benzene rings is 1. The number of halogens is 1. The third kappa shape index (κ3) is 4.95. The lowest BCUT2D eigenvalue weighted by atomic mass is 9.59. The van der Waals surface area contributed by atoms with E-state index in [1.54, 1.807) is 62.4 Å².